The van der Waals surface area contributed by atoms with Crippen molar-refractivity contribution in [1.29, 1.82) is 0 Å². The molecule has 2 aliphatic rings. The molecule has 1 fully saturated rings. The van der Waals surface area contributed by atoms with Crippen LogP contribution in [0.5, 0.6) is 0 Å². The molecule has 17 heavy (non-hydrogen) atoms. The number of fused-ring (bicyclic) bond motifs is 2. The second-order valence-corrected chi connectivity index (χ2v) is 9.21. The highest BCUT2D eigenvalue weighted by Gasteiger charge is 2.44. The van der Waals surface area contributed by atoms with Crippen molar-refractivity contribution in [2.45, 2.75) is 44.7 Å². The van der Waals surface area contributed by atoms with Gasteiger partial charge in [0.1, 0.15) is 0 Å². The average Bonchev–Trinajstić information content (AvgIpc) is 2.96. The molecular formula is C14H26O2Si. The monoisotopic (exact) mass is 254 g/mol. The van der Waals surface area contributed by atoms with Crippen LogP contribution in [0.25, 0.3) is 0 Å². The van der Waals surface area contributed by atoms with E-state index in [4.69, 9.17) is 8.85 Å². The van der Waals surface area contributed by atoms with Crippen LogP contribution >= 0.6 is 0 Å². The summed E-state index contributed by atoms with van der Waals surface area (Å²) in [6.07, 6.45) is 10.1. The molecule has 3 atom stereocenters. The lowest BCUT2D eigenvalue weighted by Gasteiger charge is -2.32. The van der Waals surface area contributed by atoms with E-state index >= 15 is 0 Å². The first kappa shape index (κ1) is 13.3. The van der Waals surface area contributed by atoms with Crippen molar-refractivity contribution in [3.63, 3.8) is 0 Å². The molecule has 0 spiro atoms. The summed E-state index contributed by atoms with van der Waals surface area (Å²) >= 11 is 0. The van der Waals surface area contributed by atoms with Gasteiger partial charge in [-0.25, -0.2) is 0 Å². The maximum absolute atomic E-state index is 5.85. The van der Waals surface area contributed by atoms with Crippen molar-refractivity contribution in [1.82, 2.24) is 0 Å². The summed E-state index contributed by atoms with van der Waals surface area (Å²) in [4.78, 5) is 0. The van der Waals surface area contributed by atoms with E-state index in [0.29, 0.717) is 0 Å². The molecule has 0 aromatic rings. The summed E-state index contributed by atoms with van der Waals surface area (Å²) in [7, 11) is 1.81. The molecule has 2 rings (SSSR count). The van der Waals surface area contributed by atoms with Gasteiger partial charge in [0.15, 0.2) is 0 Å². The Labute approximate surface area is 107 Å². The van der Waals surface area contributed by atoms with Gasteiger partial charge in [-0.2, -0.15) is 0 Å². The van der Waals surface area contributed by atoms with Crippen LogP contribution in [0.15, 0.2) is 12.2 Å². The van der Waals surface area contributed by atoms with E-state index in [1.165, 1.54) is 31.7 Å². The largest absolute Gasteiger partial charge is 0.398 e. The molecule has 0 radical (unpaired) electrons. The van der Waals surface area contributed by atoms with Crippen molar-refractivity contribution in [2.75, 3.05) is 14.2 Å². The van der Waals surface area contributed by atoms with Gasteiger partial charge in [-0.1, -0.05) is 31.9 Å². The maximum Gasteiger partial charge on any atom is 0.337 e. The Bertz CT molecular complexity index is 273. The lowest BCUT2D eigenvalue weighted by Crippen LogP contribution is -2.42. The Morgan fingerprint density at radius 1 is 1.18 bits per heavy atom. The van der Waals surface area contributed by atoms with Crippen LogP contribution in [-0.4, -0.2) is 22.8 Å². The first-order chi connectivity index (χ1) is 8.23. The minimum atomic E-state index is -1.90. The highest BCUT2D eigenvalue weighted by Crippen LogP contribution is 2.47. The zero-order chi connectivity index (χ0) is 12.3. The summed E-state index contributed by atoms with van der Waals surface area (Å²) in [5, 5.41) is 0. The second-order valence-electron chi connectivity index (χ2n) is 5.67. The highest BCUT2D eigenvalue weighted by atomic mass is 28.4. The third-order valence-corrected chi connectivity index (χ3v) is 8.39. The molecule has 0 saturated heterocycles. The predicted octanol–water partition coefficient (Wildman–Crippen LogP) is 3.73. The van der Waals surface area contributed by atoms with Crippen LogP contribution in [0.4, 0.5) is 0 Å². The van der Waals surface area contributed by atoms with Gasteiger partial charge in [0, 0.05) is 14.2 Å². The zero-order valence-electron chi connectivity index (χ0n) is 11.4. The molecule has 98 valence electrons. The lowest BCUT2D eigenvalue weighted by atomic mass is 9.96. The predicted molar refractivity (Wildman–Crippen MR) is 73.1 cm³/mol. The topological polar surface area (TPSA) is 18.5 Å². The Morgan fingerprint density at radius 2 is 1.94 bits per heavy atom. The van der Waals surface area contributed by atoms with Gasteiger partial charge in [0.2, 0.25) is 0 Å². The molecule has 2 aliphatic carbocycles. The van der Waals surface area contributed by atoms with Crippen LogP contribution in [0, 0.1) is 17.8 Å². The summed E-state index contributed by atoms with van der Waals surface area (Å²) in [5.41, 5.74) is 0. The Morgan fingerprint density at radius 3 is 2.41 bits per heavy atom. The van der Waals surface area contributed by atoms with E-state index in [1.807, 2.05) is 14.2 Å². The molecule has 3 unspecified atom stereocenters. The van der Waals surface area contributed by atoms with Crippen molar-refractivity contribution in [3.8, 4) is 0 Å². The van der Waals surface area contributed by atoms with Crippen molar-refractivity contribution in [2.24, 2.45) is 17.8 Å². The van der Waals surface area contributed by atoms with E-state index in [9.17, 15) is 0 Å². The van der Waals surface area contributed by atoms with Crippen LogP contribution in [-0.2, 0) is 8.85 Å². The standard InChI is InChI=1S/C14H26O2Si/c1-4-5-8-17(15-2,16-3)11-14-10-12-6-7-13(14)9-12/h6-7,12-14H,4-5,8-11H2,1-3H3. The molecule has 2 nitrogen and oxygen atoms in total. The number of hydrogen-bond donors (Lipinski definition) is 0. The van der Waals surface area contributed by atoms with E-state index in [-0.39, 0.29) is 0 Å². The van der Waals surface area contributed by atoms with E-state index in [0.717, 1.165) is 23.8 Å². The number of allylic oxidation sites excluding steroid dienone is 2. The van der Waals surface area contributed by atoms with Gasteiger partial charge < -0.3 is 8.85 Å². The van der Waals surface area contributed by atoms with Crippen LogP contribution in [0.1, 0.15) is 32.6 Å². The average molecular weight is 254 g/mol. The number of hydrogen-bond acceptors (Lipinski definition) is 2. The first-order valence-electron chi connectivity index (χ1n) is 7.01. The Kier molecular flexibility index (Phi) is 4.45. The van der Waals surface area contributed by atoms with Gasteiger partial charge in [0.25, 0.3) is 0 Å². The SMILES string of the molecule is CCCC[Si](CC1CC2C=CC1C2)(OC)OC. The molecular weight excluding hydrogens is 228 g/mol. The molecule has 3 heteroatoms. The molecule has 0 aromatic carbocycles. The van der Waals surface area contributed by atoms with Crippen molar-refractivity contribution in [3.05, 3.63) is 12.2 Å². The van der Waals surface area contributed by atoms with Crippen LogP contribution < -0.4 is 0 Å². The fourth-order valence-electron chi connectivity index (χ4n) is 3.53. The van der Waals surface area contributed by atoms with E-state index in [1.54, 1.807) is 0 Å². The van der Waals surface area contributed by atoms with Crippen LogP contribution in [0.2, 0.25) is 12.1 Å². The van der Waals surface area contributed by atoms with Gasteiger partial charge in [-0.05, 0) is 42.7 Å². The molecule has 0 aliphatic heterocycles. The summed E-state index contributed by atoms with van der Waals surface area (Å²) < 4.78 is 11.7. The third-order valence-electron chi connectivity index (χ3n) is 4.64. The minimum absolute atomic E-state index is 0.818. The van der Waals surface area contributed by atoms with Gasteiger partial charge >= 0.3 is 8.56 Å². The molecule has 0 amide bonds. The molecule has 2 bridgehead atoms. The smallest absolute Gasteiger partial charge is 0.337 e. The number of rotatable bonds is 7. The second kappa shape index (κ2) is 5.68. The van der Waals surface area contributed by atoms with E-state index in [2.05, 4.69) is 19.1 Å². The normalized spacial score (nSPS) is 31.4. The summed E-state index contributed by atoms with van der Waals surface area (Å²) in [6, 6.07) is 2.36. The Hall–Kier alpha value is -0.123. The fraction of sp³-hybridized carbons (Fsp3) is 0.857. The van der Waals surface area contributed by atoms with Crippen molar-refractivity contribution >= 4 is 8.56 Å². The number of unbranched alkanes of at least 4 members (excludes halogenated alkanes) is 1. The van der Waals surface area contributed by atoms with Gasteiger partial charge in [-0.3, -0.25) is 0 Å². The quantitative estimate of drug-likeness (QED) is 0.509. The first-order valence-corrected chi connectivity index (χ1v) is 9.24. The third kappa shape index (κ3) is 2.83. The molecule has 1 saturated carbocycles. The molecule has 0 heterocycles. The maximum atomic E-state index is 5.85. The lowest BCUT2D eigenvalue weighted by molar-refractivity contribution is 0.228. The molecule has 0 N–H and O–H groups in total. The van der Waals surface area contributed by atoms with Crippen LogP contribution in [0.3, 0.4) is 0 Å². The fourth-order valence-corrected chi connectivity index (χ4v) is 6.80. The highest BCUT2D eigenvalue weighted by molar-refractivity contribution is 6.67. The summed E-state index contributed by atoms with van der Waals surface area (Å²) in [6.45, 7) is 2.24. The van der Waals surface area contributed by atoms with Gasteiger partial charge in [-0.15, -0.1) is 0 Å². The summed E-state index contributed by atoms with van der Waals surface area (Å²) in [5.74, 6) is 2.50. The zero-order valence-corrected chi connectivity index (χ0v) is 12.4. The minimum Gasteiger partial charge on any atom is -0.398 e. The van der Waals surface area contributed by atoms with Gasteiger partial charge in [0.05, 0.1) is 0 Å². The Balaban J connectivity index is 1.95. The molecule has 0 aromatic heterocycles. The van der Waals surface area contributed by atoms with E-state index < -0.39 is 8.56 Å². The van der Waals surface area contributed by atoms with Crippen molar-refractivity contribution < 1.29 is 8.85 Å².